The minimum absolute atomic E-state index is 0.192. The lowest BCUT2D eigenvalue weighted by Crippen LogP contribution is -2.40. The molecule has 0 unspecified atom stereocenters. The van der Waals surface area contributed by atoms with Crippen molar-refractivity contribution in [2.45, 2.75) is 59.2 Å². The molecular weight excluding hydrogens is 268 g/mol. The van der Waals surface area contributed by atoms with Gasteiger partial charge >= 0.3 is 5.69 Å². The van der Waals surface area contributed by atoms with E-state index in [2.05, 4.69) is 4.98 Å². The van der Waals surface area contributed by atoms with Crippen LogP contribution in [-0.2, 0) is 19.6 Å². The fraction of sp³-hybridized carbons (Fsp3) is 0.667. The van der Waals surface area contributed by atoms with Gasteiger partial charge in [-0.25, -0.2) is 9.78 Å². The van der Waals surface area contributed by atoms with Crippen molar-refractivity contribution in [3.05, 3.63) is 27.2 Å². The fourth-order valence-electron chi connectivity index (χ4n) is 2.80. The van der Waals surface area contributed by atoms with E-state index in [0.29, 0.717) is 30.2 Å². The summed E-state index contributed by atoms with van der Waals surface area (Å²) in [4.78, 5) is 29.5. The molecule has 2 aromatic rings. The molecule has 3 rings (SSSR count). The highest BCUT2D eigenvalue weighted by Gasteiger charge is 2.24. The summed E-state index contributed by atoms with van der Waals surface area (Å²) in [6, 6.07) is 0. The Hall–Kier alpha value is -1.85. The third kappa shape index (κ3) is 2.43. The summed E-state index contributed by atoms with van der Waals surface area (Å²) < 4.78 is 4.95. The molecule has 2 aromatic heterocycles. The van der Waals surface area contributed by atoms with Gasteiger partial charge in [0, 0.05) is 19.6 Å². The summed E-state index contributed by atoms with van der Waals surface area (Å²) in [7, 11) is 0. The van der Waals surface area contributed by atoms with Crippen molar-refractivity contribution in [3.63, 3.8) is 0 Å². The molecule has 0 saturated heterocycles. The predicted octanol–water partition coefficient (Wildman–Crippen LogP) is 1.59. The van der Waals surface area contributed by atoms with E-state index in [4.69, 9.17) is 0 Å². The van der Waals surface area contributed by atoms with E-state index in [-0.39, 0.29) is 11.2 Å². The van der Waals surface area contributed by atoms with E-state index in [9.17, 15) is 9.59 Å². The zero-order valence-corrected chi connectivity index (χ0v) is 12.7. The quantitative estimate of drug-likeness (QED) is 0.811. The van der Waals surface area contributed by atoms with Crippen molar-refractivity contribution in [2.75, 3.05) is 0 Å². The molecule has 2 heterocycles. The van der Waals surface area contributed by atoms with Crippen LogP contribution in [0.25, 0.3) is 11.2 Å². The van der Waals surface area contributed by atoms with Gasteiger partial charge in [0.05, 0.1) is 6.33 Å². The van der Waals surface area contributed by atoms with Crippen LogP contribution in [0.1, 0.15) is 39.5 Å². The zero-order chi connectivity index (χ0) is 15.0. The van der Waals surface area contributed by atoms with E-state index in [1.807, 2.05) is 18.4 Å². The molecule has 0 N–H and O–H groups in total. The molecule has 0 amide bonds. The van der Waals surface area contributed by atoms with Gasteiger partial charge in [0.1, 0.15) is 0 Å². The number of rotatable bonds is 6. The molecular formula is C15H22N4O2. The molecule has 1 saturated carbocycles. The number of imidazole rings is 1. The third-order valence-corrected chi connectivity index (χ3v) is 4.03. The Kier molecular flexibility index (Phi) is 3.69. The van der Waals surface area contributed by atoms with Gasteiger partial charge in [0.2, 0.25) is 0 Å². The first-order valence-electron chi connectivity index (χ1n) is 7.85. The molecule has 1 aliphatic rings. The van der Waals surface area contributed by atoms with Gasteiger partial charge in [-0.15, -0.1) is 0 Å². The predicted molar refractivity (Wildman–Crippen MR) is 81.6 cm³/mol. The lowest BCUT2D eigenvalue weighted by molar-refractivity contribution is 0.551. The largest absolute Gasteiger partial charge is 0.332 e. The van der Waals surface area contributed by atoms with Crippen LogP contribution in [0.2, 0.25) is 0 Å². The summed E-state index contributed by atoms with van der Waals surface area (Å²) in [5.74, 6) is 0.660. The minimum Gasteiger partial charge on any atom is -0.324 e. The molecule has 0 atom stereocenters. The van der Waals surface area contributed by atoms with Gasteiger partial charge in [-0.1, -0.05) is 13.8 Å². The Balaban J connectivity index is 2.25. The van der Waals surface area contributed by atoms with E-state index >= 15 is 0 Å². The standard InChI is InChI=1S/C15H22N4O2/c1-3-7-18-13-12(14(20)19(8-4-2)15(18)21)17(10-16-13)9-11-5-6-11/h10-11H,3-9H2,1-2H3. The monoisotopic (exact) mass is 290 g/mol. The van der Waals surface area contributed by atoms with Crippen LogP contribution in [-0.4, -0.2) is 18.7 Å². The summed E-state index contributed by atoms with van der Waals surface area (Å²) >= 11 is 0. The fourth-order valence-corrected chi connectivity index (χ4v) is 2.80. The average molecular weight is 290 g/mol. The van der Waals surface area contributed by atoms with Crippen LogP contribution in [0.4, 0.5) is 0 Å². The van der Waals surface area contributed by atoms with Crippen molar-refractivity contribution < 1.29 is 0 Å². The SMILES string of the molecule is CCCn1c(=O)c2c(ncn2CC2CC2)n(CCC)c1=O. The van der Waals surface area contributed by atoms with Gasteiger partial charge in [0.15, 0.2) is 11.2 Å². The van der Waals surface area contributed by atoms with Gasteiger partial charge in [-0.2, -0.15) is 0 Å². The molecule has 1 aliphatic carbocycles. The molecule has 114 valence electrons. The minimum atomic E-state index is -0.229. The van der Waals surface area contributed by atoms with Gasteiger partial charge in [0.25, 0.3) is 5.56 Å². The molecule has 0 aromatic carbocycles. The Morgan fingerprint density at radius 1 is 1.14 bits per heavy atom. The number of fused-ring (bicyclic) bond motifs is 1. The molecule has 6 heteroatoms. The maximum absolute atomic E-state index is 12.7. The van der Waals surface area contributed by atoms with Crippen molar-refractivity contribution in [1.82, 2.24) is 18.7 Å². The first-order chi connectivity index (χ1) is 10.2. The third-order valence-electron chi connectivity index (χ3n) is 4.03. The van der Waals surface area contributed by atoms with Crippen molar-refractivity contribution in [1.29, 1.82) is 0 Å². The first kappa shape index (κ1) is 14.1. The van der Waals surface area contributed by atoms with Gasteiger partial charge in [-0.05, 0) is 31.6 Å². The van der Waals surface area contributed by atoms with Crippen LogP contribution in [0.15, 0.2) is 15.9 Å². The number of nitrogens with zero attached hydrogens (tertiary/aromatic N) is 4. The highest BCUT2D eigenvalue weighted by Crippen LogP contribution is 2.31. The van der Waals surface area contributed by atoms with Crippen molar-refractivity contribution in [3.8, 4) is 0 Å². The van der Waals surface area contributed by atoms with Crippen LogP contribution in [0.3, 0.4) is 0 Å². The first-order valence-corrected chi connectivity index (χ1v) is 7.85. The Labute approximate surface area is 123 Å². The molecule has 21 heavy (non-hydrogen) atoms. The van der Waals surface area contributed by atoms with Crippen molar-refractivity contribution in [2.24, 2.45) is 5.92 Å². The van der Waals surface area contributed by atoms with Crippen LogP contribution < -0.4 is 11.2 Å². The van der Waals surface area contributed by atoms with E-state index < -0.39 is 0 Å². The maximum Gasteiger partial charge on any atom is 0.332 e. The number of aromatic nitrogens is 4. The van der Waals surface area contributed by atoms with Crippen molar-refractivity contribution >= 4 is 11.2 Å². The highest BCUT2D eigenvalue weighted by molar-refractivity contribution is 5.70. The average Bonchev–Trinajstić information content (AvgIpc) is 3.18. The molecule has 0 radical (unpaired) electrons. The lowest BCUT2D eigenvalue weighted by Gasteiger charge is -2.11. The highest BCUT2D eigenvalue weighted by atomic mass is 16.2. The molecule has 0 aliphatic heterocycles. The Bertz CT molecular complexity index is 764. The molecule has 0 bridgehead atoms. The normalized spacial score (nSPS) is 15.0. The number of aryl methyl sites for hydroxylation is 1. The van der Waals surface area contributed by atoms with E-state index in [1.54, 1.807) is 10.9 Å². The van der Waals surface area contributed by atoms with E-state index in [1.165, 1.54) is 17.4 Å². The lowest BCUT2D eigenvalue weighted by atomic mass is 10.4. The summed E-state index contributed by atoms with van der Waals surface area (Å²) in [5.41, 5.74) is 0.707. The Morgan fingerprint density at radius 3 is 2.43 bits per heavy atom. The molecule has 1 fully saturated rings. The second kappa shape index (κ2) is 5.50. The van der Waals surface area contributed by atoms with Gasteiger partial charge < -0.3 is 4.57 Å². The summed E-state index contributed by atoms with van der Waals surface area (Å²) in [6.07, 6.45) is 5.76. The van der Waals surface area contributed by atoms with Crippen LogP contribution in [0, 0.1) is 5.92 Å². The Morgan fingerprint density at radius 2 is 1.81 bits per heavy atom. The number of hydrogen-bond acceptors (Lipinski definition) is 3. The van der Waals surface area contributed by atoms with E-state index in [0.717, 1.165) is 19.4 Å². The van der Waals surface area contributed by atoms with Crippen LogP contribution in [0.5, 0.6) is 0 Å². The zero-order valence-electron chi connectivity index (χ0n) is 12.7. The maximum atomic E-state index is 12.7. The summed E-state index contributed by atoms with van der Waals surface area (Å²) in [5, 5.41) is 0. The summed E-state index contributed by atoms with van der Waals surface area (Å²) in [6.45, 7) is 5.89. The van der Waals surface area contributed by atoms with Gasteiger partial charge in [-0.3, -0.25) is 13.9 Å². The second-order valence-electron chi connectivity index (χ2n) is 5.90. The second-order valence-corrected chi connectivity index (χ2v) is 5.90. The topological polar surface area (TPSA) is 61.8 Å². The smallest absolute Gasteiger partial charge is 0.324 e. The number of hydrogen-bond donors (Lipinski definition) is 0. The molecule has 6 nitrogen and oxygen atoms in total. The molecule has 0 spiro atoms. The van der Waals surface area contributed by atoms with Crippen LogP contribution >= 0.6 is 0 Å².